The van der Waals surface area contributed by atoms with Crippen LogP contribution in [0.25, 0.3) is 0 Å². The number of amides is 1. The van der Waals surface area contributed by atoms with E-state index < -0.39 is 0 Å². The fourth-order valence-electron chi connectivity index (χ4n) is 4.06. The van der Waals surface area contributed by atoms with Gasteiger partial charge in [0.1, 0.15) is 0 Å². The van der Waals surface area contributed by atoms with Crippen molar-refractivity contribution in [2.24, 2.45) is 5.92 Å². The molecule has 1 aliphatic heterocycles. The highest BCUT2D eigenvalue weighted by Gasteiger charge is 2.53. The fraction of sp³-hybridized carbons (Fsp3) is 0.476. The van der Waals surface area contributed by atoms with Crippen molar-refractivity contribution in [3.8, 4) is 0 Å². The van der Waals surface area contributed by atoms with Gasteiger partial charge in [-0.25, -0.2) is 4.68 Å². The zero-order valence-corrected chi connectivity index (χ0v) is 15.2. The number of likely N-dealkylation sites (tertiary alicyclic amines) is 1. The van der Waals surface area contributed by atoms with Gasteiger partial charge >= 0.3 is 0 Å². The van der Waals surface area contributed by atoms with Crippen molar-refractivity contribution < 1.29 is 4.79 Å². The van der Waals surface area contributed by atoms with Crippen LogP contribution in [0.4, 0.5) is 0 Å². The number of hydrogen-bond donors (Lipinski definition) is 0. The van der Waals surface area contributed by atoms with E-state index in [9.17, 15) is 9.59 Å². The Labute approximate surface area is 153 Å². The Hall–Kier alpha value is -2.43. The molecule has 0 bridgehead atoms. The van der Waals surface area contributed by atoms with Crippen LogP contribution in [0.15, 0.2) is 47.3 Å². The van der Waals surface area contributed by atoms with Gasteiger partial charge < -0.3 is 4.90 Å². The Kier molecular flexibility index (Phi) is 4.39. The summed E-state index contributed by atoms with van der Waals surface area (Å²) in [5, 5.41) is 4.33. The van der Waals surface area contributed by atoms with E-state index >= 15 is 0 Å². The summed E-state index contributed by atoms with van der Waals surface area (Å²) in [5.41, 5.74) is 1.69. The van der Waals surface area contributed by atoms with Crippen molar-refractivity contribution in [2.45, 2.75) is 44.6 Å². The highest BCUT2D eigenvalue weighted by molar-refractivity contribution is 5.91. The first-order chi connectivity index (χ1) is 12.6. The molecule has 136 valence electrons. The lowest BCUT2D eigenvalue weighted by Gasteiger charge is -2.34. The molecule has 5 nitrogen and oxygen atoms in total. The zero-order valence-electron chi connectivity index (χ0n) is 15.2. The highest BCUT2D eigenvalue weighted by Crippen LogP contribution is 2.49. The van der Waals surface area contributed by atoms with E-state index in [0.717, 1.165) is 50.0 Å². The Morgan fingerprint density at radius 1 is 1.12 bits per heavy atom. The average molecular weight is 351 g/mol. The number of carbonyl (C=O) groups excluding carboxylic acids is 1. The van der Waals surface area contributed by atoms with Gasteiger partial charge in [0.25, 0.3) is 5.56 Å². The van der Waals surface area contributed by atoms with E-state index in [2.05, 4.69) is 17.2 Å². The number of rotatable bonds is 4. The Bertz CT molecular complexity index is 847. The van der Waals surface area contributed by atoms with Crippen LogP contribution < -0.4 is 5.56 Å². The van der Waals surface area contributed by atoms with E-state index in [-0.39, 0.29) is 16.9 Å². The molecule has 2 aromatic rings. The maximum atomic E-state index is 13.1. The summed E-state index contributed by atoms with van der Waals surface area (Å²) in [6, 6.07) is 13.5. The number of nitrogens with zero attached hydrogens (tertiary/aromatic N) is 3. The van der Waals surface area contributed by atoms with Gasteiger partial charge in [-0.1, -0.05) is 30.3 Å². The molecule has 2 aliphatic rings. The van der Waals surface area contributed by atoms with Gasteiger partial charge in [-0.3, -0.25) is 9.59 Å². The molecule has 1 amide bonds. The van der Waals surface area contributed by atoms with Crippen molar-refractivity contribution >= 4 is 5.91 Å². The molecular weight excluding hydrogens is 326 g/mol. The van der Waals surface area contributed by atoms with Crippen LogP contribution in [0.2, 0.25) is 0 Å². The second kappa shape index (κ2) is 6.71. The van der Waals surface area contributed by atoms with Gasteiger partial charge in [0, 0.05) is 25.7 Å². The summed E-state index contributed by atoms with van der Waals surface area (Å²) in [5.74, 6) is 0.686. The molecule has 2 fully saturated rings. The van der Waals surface area contributed by atoms with Crippen molar-refractivity contribution in [1.82, 2.24) is 14.7 Å². The zero-order chi connectivity index (χ0) is 18.1. The first-order valence-corrected chi connectivity index (χ1v) is 9.48. The maximum Gasteiger partial charge on any atom is 0.266 e. The minimum atomic E-state index is -0.275. The van der Waals surface area contributed by atoms with Crippen LogP contribution in [0.5, 0.6) is 0 Å². The standard InChI is InChI=1S/C21H25N3O2/c1-16-7-8-19(25)24(22-16)15-17-9-13-23(14-10-17)20(26)21(11-12-21)18-5-3-2-4-6-18/h2-8,17H,9-15H2,1H3. The van der Waals surface area contributed by atoms with Crippen LogP contribution in [0.3, 0.4) is 0 Å². The van der Waals surface area contributed by atoms with Gasteiger partial charge in [0.2, 0.25) is 5.91 Å². The largest absolute Gasteiger partial charge is 0.342 e. The number of piperidine rings is 1. The Morgan fingerprint density at radius 2 is 1.81 bits per heavy atom. The summed E-state index contributed by atoms with van der Waals surface area (Å²) in [6.45, 7) is 4.10. The van der Waals surface area contributed by atoms with Gasteiger partial charge in [0.05, 0.1) is 11.1 Å². The SMILES string of the molecule is Cc1ccc(=O)n(CC2CCN(C(=O)C3(c4ccccc4)CC3)CC2)n1. The van der Waals surface area contributed by atoms with Crippen molar-refractivity contribution in [3.05, 3.63) is 64.1 Å². The van der Waals surface area contributed by atoms with Crippen LogP contribution in [-0.2, 0) is 16.8 Å². The second-order valence-electron chi connectivity index (χ2n) is 7.68. The Morgan fingerprint density at radius 3 is 2.46 bits per heavy atom. The van der Waals surface area contributed by atoms with Crippen LogP contribution >= 0.6 is 0 Å². The van der Waals surface area contributed by atoms with Crippen molar-refractivity contribution in [3.63, 3.8) is 0 Å². The van der Waals surface area contributed by atoms with E-state index in [1.54, 1.807) is 16.8 Å². The molecule has 5 heteroatoms. The summed E-state index contributed by atoms with van der Waals surface area (Å²) in [7, 11) is 0. The van der Waals surface area contributed by atoms with E-state index in [1.807, 2.05) is 30.0 Å². The molecule has 1 saturated carbocycles. The lowest BCUT2D eigenvalue weighted by Crippen LogP contribution is -2.45. The van der Waals surface area contributed by atoms with Gasteiger partial charge in [-0.2, -0.15) is 5.10 Å². The number of benzene rings is 1. The molecule has 26 heavy (non-hydrogen) atoms. The summed E-state index contributed by atoms with van der Waals surface area (Å²) >= 11 is 0. The molecule has 4 rings (SSSR count). The molecule has 0 radical (unpaired) electrons. The smallest absolute Gasteiger partial charge is 0.266 e. The van der Waals surface area contributed by atoms with Crippen LogP contribution in [0.1, 0.15) is 36.9 Å². The van der Waals surface area contributed by atoms with E-state index in [4.69, 9.17) is 0 Å². The summed E-state index contributed by atoms with van der Waals surface area (Å²) in [6.07, 6.45) is 3.77. The molecule has 0 unspecified atom stereocenters. The number of aryl methyl sites for hydroxylation is 1. The number of carbonyl (C=O) groups is 1. The topological polar surface area (TPSA) is 55.2 Å². The minimum Gasteiger partial charge on any atom is -0.342 e. The second-order valence-corrected chi connectivity index (χ2v) is 7.68. The lowest BCUT2D eigenvalue weighted by atomic mass is 9.91. The molecule has 2 heterocycles. The molecule has 1 saturated heterocycles. The van der Waals surface area contributed by atoms with E-state index in [0.29, 0.717) is 12.5 Å². The molecule has 1 aliphatic carbocycles. The fourth-order valence-corrected chi connectivity index (χ4v) is 4.06. The summed E-state index contributed by atoms with van der Waals surface area (Å²) in [4.78, 5) is 27.1. The third-order valence-corrected chi connectivity index (χ3v) is 5.82. The molecule has 1 aromatic carbocycles. The maximum absolute atomic E-state index is 13.1. The van der Waals surface area contributed by atoms with Crippen molar-refractivity contribution in [1.29, 1.82) is 0 Å². The van der Waals surface area contributed by atoms with Crippen LogP contribution in [-0.4, -0.2) is 33.7 Å². The highest BCUT2D eigenvalue weighted by atomic mass is 16.2. The van der Waals surface area contributed by atoms with Gasteiger partial charge in [-0.15, -0.1) is 0 Å². The van der Waals surface area contributed by atoms with Crippen molar-refractivity contribution in [2.75, 3.05) is 13.1 Å². The lowest BCUT2D eigenvalue weighted by molar-refractivity contribution is -0.135. The summed E-state index contributed by atoms with van der Waals surface area (Å²) < 4.78 is 1.57. The quantitative estimate of drug-likeness (QED) is 0.850. The third kappa shape index (κ3) is 3.18. The Balaban J connectivity index is 1.39. The first kappa shape index (κ1) is 17.0. The van der Waals surface area contributed by atoms with E-state index in [1.165, 1.54) is 0 Å². The van der Waals surface area contributed by atoms with Gasteiger partial charge in [0.15, 0.2) is 0 Å². The molecule has 0 spiro atoms. The van der Waals surface area contributed by atoms with Crippen LogP contribution in [0, 0.1) is 12.8 Å². The molecule has 0 N–H and O–H groups in total. The van der Waals surface area contributed by atoms with Gasteiger partial charge in [-0.05, 0) is 50.2 Å². The predicted molar refractivity (Wildman–Crippen MR) is 99.9 cm³/mol. The monoisotopic (exact) mass is 351 g/mol. The number of aromatic nitrogens is 2. The third-order valence-electron chi connectivity index (χ3n) is 5.82. The molecule has 1 aromatic heterocycles. The molecular formula is C21H25N3O2. The normalized spacial score (nSPS) is 19.3. The predicted octanol–water partition coefficient (Wildman–Crippen LogP) is 2.52. The minimum absolute atomic E-state index is 0.0462. The number of hydrogen-bond acceptors (Lipinski definition) is 3. The molecule has 0 atom stereocenters. The first-order valence-electron chi connectivity index (χ1n) is 9.48. The average Bonchev–Trinajstić information content (AvgIpc) is 3.47.